The summed E-state index contributed by atoms with van der Waals surface area (Å²) < 4.78 is 5.14. The number of hydrogen-bond donors (Lipinski definition) is 2. The molecule has 4 nitrogen and oxygen atoms in total. The van der Waals surface area contributed by atoms with Gasteiger partial charge in [0.05, 0.1) is 18.4 Å². The number of hydrogen-bond acceptors (Lipinski definition) is 3. The van der Waals surface area contributed by atoms with Crippen molar-refractivity contribution in [1.29, 1.82) is 5.41 Å². The minimum Gasteiger partial charge on any atom is -0.387 e. The third kappa shape index (κ3) is 5.01. The summed E-state index contributed by atoms with van der Waals surface area (Å²) in [4.78, 5) is 2.29. The highest BCUT2D eigenvalue weighted by molar-refractivity contribution is 5.84. The number of nitrogens with one attached hydrogen (secondary N) is 1. The molecule has 0 aliphatic carbocycles. The highest BCUT2D eigenvalue weighted by Crippen LogP contribution is 2.18. The number of nitrogens with two attached hydrogens (primary N) is 1. The van der Waals surface area contributed by atoms with E-state index in [1.165, 1.54) is 0 Å². The van der Waals surface area contributed by atoms with Gasteiger partial charge in [-0.25, -0.2) is 0 Å². The Bertz CT molecular complexity index is 378. The molecule has 19 heavy (non-hydrogen) atoms. The molecule has 0 saturated carbocycles. The summed E-state index contributed by atoms with van der Waals surface area (Å²) in [5.74, 6) is 0.162. The zero-order valence-corrected chi connectivity index (χ0v) is 12.1. The molecule has 0 bridgehead atoms. The molecule has 0 saturated heterocycles. The number of benzene rings is 1. The Balaban J connectivity index is 2.79. The minimum absolute atomic E-state index is 0.0551. The quantitative estimate of drug-likeness (QED) is 0.557. The van der Waals surface area contributed by atoms with Gasteiger partial charge in [-0.15, -0.1) is 0 Å². The van der Waals surface area contributed by atoms with E-state index in [0.29, 0.717) is 12.6 Å². The molecule has 1 rings (SSSR count). The highest BCUT2D eigenvalue weighted by atomic mass is 16.5. The third-order valence-electron chi connectivity index (χ3n) is 3.31. The van der Waals surface area contributed by atoms with E-state index in [2.05, 4.69) is 18.7 Å². The third-order valence-corrected chi connectivity index (χ3v) is 3.31. The van der Waals surface area contributed by atoms with Crippen LogP contribution in [-0.4, -0.2) is 43.6 Å². The number of nitrogens with zero attached hydrogens (tertiary/aromatic N) is 1. The van der Waals surface area contributed by atoms with Crippen molar-refractivity contribution in [2.75, 3.05) is 26.8 Å². The first kappa shape index (κ1) is 15.7. The van der Waals surface area contributed by atoms with Crippen LogP contribution in [0.2, 0.25) is 0 Å². The summed E-state index contributed by atoms with van der Waals surface area (Å²) in [5, 5.41) is 7.82. The normalized spacial score (nSPS) is 12.9. The molecule has 0 aromatic heterocycles. The van der Waals surface area contributed by atoms with Crippen molar-refractivity contribution in [2.24, 2.45) is 5.73 Å². The Labute approximate surface area is 116 Å². The molecule has 0 radical (unpaired) electrons. The lowest BCUT2D eigenvalue weighted by Crippen LogP contribution is -2.40. The van der Waals surface area contributed by atoms with Crippen molar-refractivity contribution in [2.45, 2.75) is 25.8 Å². The lowest BCUT2D eigenvalue weighted by molar-refractivity contribution is 0.128. The first-order valence-electron chi connectivity index (χ1n) is 6.68. The van der Waals surface area contributed by atoms with Gasteiger partial charge >= 0.3 is 0 Å². The molecule has 1 atom stereocenters. The number of rotatable bonds is 8. The molecule has 4 heteroatoms. The summed E-state index contributed by atoms with van der Waals surface area (Å²) in [5.41, 5.74) is 6.87. The molecule has 0 spiro atoms. The van der Waals surface area contributed by atoms with Crippen LogP contribution in [0.5, 0.6) is 0 Å². The van der Waals surface area contributed by atoms with Crippen LogP contribution in [0.1, 0.15) is 25.3 Å². The van der Waals surface area contributed by atoms with E-state index in [9.17, 15) is 0 Å². The Hall–Kier alpha value is -1.39. The summed E-state index contributed by atoms with van der Waals surface area (Å²) in [7, 11) is 1.71. The van der Waals surface area contributed by atoms with Crippen LogP contribution < -0.4 is 5.73 Å². The Morgan fingerprint density at radius 2 is 1.95 bits per heavy atom. The van der Waals surface area contributed by atoms with Crippen LogP contribution in [0.15, 0.2) is 30.3 Å². The lowest BCUT2D eigenvalue weighted by atomic mass is 9.97. The minimum atomic E-state index is -0.0551. The van der Waals surface area contributed by atoms with Gasteiger partial charge in [-0.1, -0.05) is 30.3 Å². The van der Waals surface area contributed by atoms with Crippen LogP contribution in [0.25, 0.3) is 0 Å². The van der Waals surface area contributed by atoms with Crippen molar-refractivity contribution in [3.05, 3.63) is 35.9 Å². The average molecular weight is 263 g/mol. The first-order chi connectivity index (χ1) is 9.06. The van der Waals surface area contributed by atoms with Gasteiger partial charge < -0.3 is 10.5 Å². The van der Waals surface area contributed by atoms with Gasteiger partial charge in [-0.05, 0) is 19.4 Å². The Morgan fingerprint density at radius 1 is 1.32 bits per heavy atom. The molecule has 0 aliphatic rings. The zero-order chi connectivity index (χ0) is 14.3. The van der Waals surface area contributed by atoms with E-state index in [-0.39, 0.29) is 11.8 Å². The fraction of sp³-hybridized carbons (Fsp3) is 0.533. The van der Waals surface area contributed by atoms with Gasteiger partial charge in [-0.2, -0.15) is 0 Å². The maximum atomic E-state index is 7.82. The Kier molecular flexibility index (Phi) is 6.53. The first-order valence-corrected chi connectivity index (χ1v) is 6.68. The second-order valence-electron chi connectivity index (χ2n) is 5.00. The van der Waals surface area contributed by atoms with Crippen molar-refractivity contribution >= 4 is 5.84 Å². The number of ether oxygens (including phenoxy) is 1. The van der Waals surface area contributed by atoms with E-state index >= 15 is 0 Å². The van der Waals surface area contributed by atoms with Crippen molar-refractivity contribution in [1.82, 2.24) is 4.90 Å². The molecule has 3 N–H and O–H groups in total. The van der Waals surface area contributed by atoms with Gasteiger partial charge in [0.25, 0.3) is 0 Å². The molecule has 0 amide bonds. The molecular weight excluding hydrogens is 238 g/mol. The number of amidine groups is 1. The maximum absolute atomic E-state index is 7.82. The number of methoxy groups -OCH3 is 1. The molecular formula is C15H25N3O. The molecule has 106 valence electrons. The lowest BCUT2D eigenvalue weighted by Gasteiger charge is -2.30. The maximum Gasteiger partial charge on any atom is 0.0995 e. The van der Waals surface area contributed by atoms with E-state index in [4.69, 9.17) is 15.9 Å². The van der Waals surface area contributed by atoms with E-state index < -0.39 is 0 Å². The van der Waals surface area contributed by atoms with Gasteiger partial charge in [0.15, 0.2) is 0 Å². The summed E-state index contributed by atoms with van der Waals surface area (Å²) in [6.07, 6.45) is 0. The van der Waals surface area contributed by atoms with E-state index in [0.717, 1.165) is 18.7 Å². The van der Waals surface area contributed by atoms with Crippen LogP contribution in [0, 0.1) is 5.41 Å². The second-order valence-corrected chi connectivity index (χ2v) is 5.00. The van der Waals surface area contributed by atoms with Gasteiger partial charge in [0.1, 0.15) is 0 Å². The van der Waals surface area contributed by atoms with Gasteiger partial charge in [0.2, 0.25) is 0 Å². The van der Waals surface area contributed by atoms with E-state index in [1.54, 1.807) is 7.11 Å². The summed E-state index contributed by atoms with van der Waals surface area (Å²) in [6, 6.07) is 10.4. The average Bonchev–Trinajstić information content (AvgIpc) is 2.39. The van der Waals surface area contributed by atoms with Gasteiger partial charge in [0, 0.05) is 26.2 Å². The van der Waals surface area contributed by atoms with Crippen LogP contribution >= 0.6 is 0 Å². The fourth-order valence-electron chi connectivity index (χ4n) is 2.07. The molecule has 0 heterocycles. The predicted octanol–water partition coefficient (Wildman–Crippen LogP) is 2.06. The SMILES string of the molecule is COCCN(CC(C(=N)N)c1ccccc1)C(C)C. The van der Waals surface area contributed by atoms with E-state index in [1.807, 2.05) is 30.3 Å². The van der Waals surface area contributed by atoms with Crippen LogP contribution in [0.4, 0.5) is 0 Å². The molecule has 1 aromatic carbocycles. The standard InChI is InChI=1S/C15H25N3O/c1-12(2)18(9-10-19-3)11-14(15(16)17)13-7-5-4-6-8-13/h4-8,12,14H,9-11H2,1-3H3,(H3,16,17). The fourth-order valence-corrected chi connectivity index (χ4v) is 2.07. The molecule has 1 aromatic rings. The topological polar surface area (TPSA) is 62.3 Å². The van der Waals surface area contributed by atoms with Crippen LogP contribution in [-0.2, 0) is 4.74 Å². The largest absolute Gasteiger partial charge is 0.387 e. The summed E-state index contributed by atoms with van der Waals surface area (Å²) in [6.45, 7) is 6.60. The monoisotopic (exact) mass is 263 g/mol. The van der Waals surface area contributed by atoms with Crippen LogP contribution in [0.3, 0.4) is 0 Å². The zero-order valence-electron chi connectivity index (χ0n) is 12.1. The summed E-state index contributed by atoms with van der Waals surface area (Å²) >= 11 is 0. The second kappa shape index (κ2) is 7.92. The predicted molar refractivity (Wildman–Crippen MR) is 79.7 cm³/mol. The molecule has 0 aliphatic heterocycles. The van der Waals surface area contributed by atoms with Crippen molar-refractivity contribution < 1.29 is 4.74 Å². The van der Waals surface area contributed by atoms with Crippen molar-refractivity contribution in [3.8, 4) is 0 Å². The highest BCUT2D eigenvalue weighted by Gasteiger charge is 2.20. The smallest absolute Gasteiger partial charge is 0.0995 e. The Morgan fingerprint density at radius 3 is 2.42 bits per heavy atom. The van der Waals surface area contributed by atoms with Gasteiger partial charge in [-0.3, -0.25) is 10.3 Å². The molecule has 0 fully saturated rings. The molecule has 1 unspecified atom stereocenters. The van der Waals surface area contributed by atoms with Crippen molar-refractivity contribution in [3.63, 3.8) is 0 Å².